The number of likely N-dealkylation sites (tertiary alicyclic amines) is 2. The quantitative estimate of drug-likeness (QED) is 0.720. The van der Waals surface area contributed by atoms with Crippen LogP contribution in [0.2, 0.25) is 0 Å². The van der Waals surface area contributed by atoms with Crippen molar-refractivity contribution in [3.8, 4) is 0 Å². The molecule has 4 rings (SSSR count). The molecule has 156 valence electrons. The third-order valence-corrected chi connectivity index (χ3v) is 6.65. The van der Waals surface area contributed by atoms with Crippen molar-refractivity contribution in [1.29, 1.82) is 0 Å². The molecule has 29 heavy (non-hydrogen) atoms. The Morgan fingerprint density at radius 3 is 2.55 bits per heavy atom. The molecule has 1 saturated carbocycles. The number of imide groups is 1. The van der Waals surface area contributed by atoms with Gasteiger partial charge in [0.2, 0.25) is 17.7 Å². The van der Waals surface area contributed by atoms with Gasteiger partial charge in [-0.3, -0.25) is 19.3 Å². The number of carbonyl (C=O) groups excluding carboxylic acids is 3. The van der Waals surface area contributed by atoms with E-state index in [1.54, 1.807) is 11.8 Å². The maximum atomic E-state index is 13.3. The first-order valence-electron chi connectivity index (χ1n) is 9.97. The first-order valence-corrected chi connectivity index (χ1v) is 9.97. The van der Waals surface area contributed by atoms with E-state index in [2.05, 4.69) is 0 Å². The Hall–Kier alpha value is -2.38. The number of fused-ring (bicyclic) bond motifs is 2. The van der Waals surface area contributed by atoms with Gasteiger partial charge < -0.3 is 4.90 Å². The summed E-state index contributed by atoms with van der Waals surface area (Å²) in [5.41, 5.74) is -2.38. The normalized spacial score (nSPS) is 29.2. The van der Waals surface area contributed by atoms with Crippen molar-refractivity contribution < 1.29 is 27.6 Å². The molecule has 1 aliphatic carbocycles. The molecular weight excluding hydrogens is 385 g/mol. The number of likely N-dealkylation sites (N-methyl/N-ethyl adjacent to an activating group) is 1. The molecule has 1 aromatic carbocycles. The summed E-state index contributed by atoms with van der Waals surface area (Å²) in [4.78, 5) is 41.6. The van der Waals surface area contributed by atoms with Gasteiger partial charge in [0, 0.05) is 32.0 Å². The highest BCUT2D eigenvalue weighted by Crippen LogP contribution is 2.44. The van der Waals surface area contributed by atoms with Gasteiger partial charge in [0.25, 0.3) is 0 Å². The van der Waals surface area contributed by atoms with Crippen molar-refractivity contribution in [1.82, 2.24) is 9.80 Å². The number of rotatable bonds is 4. The van der Waals surface area contributed by atoms with Gasteiger partial charge in [0.15, 0.2) is 0 Å². The fourth-order valence-electron chi connectivity index (χ4n) is 5.17. The fraction of sp³-hybridized carbons (Fsp3) is 0.571. The first kappa shape index (κ1) is 19.9. The Balaban J connectivity index is 1.72. The molecule has 3 amide bonds. The highest BCUT2D eigenvalue weighted by Gasteiger charge is 2.55. The monoisotopic (exact) mass is 408 g/mol. The summed E-state index contributed by atoms with van der Waals surface area (Å²) in [5.74, 6) is -0.831. The molecule has 3 fully saturated rings. The molecule has 0 unspecified atom stereocenters. The molecule has 2 heterocycles. The predicted molar refractivity (Wildman–Crippen MR) is 97.6 cm³/mol. The van der Waals surface area contributed by atoms with E-state index < -0.39 is 29.0 Å². The van der Waals surface area contributed by atoms with Crippen LogP contribution in [0.5, 0.6) is 0 Å². The summed E-state index contributed by atoms with van der Waals surface area (Å²) in [7, 11) is 0. The molecule has 2 saturated heterocycles. The summed E-state index contributed by atoms with van der Waals surface area (Å²) in [5, 5.41) is 0. The number of halogens is 3. The number of amides is 3. The zero-order valence-electron chi connectivity index (χ0n) is 16.2. The Kier molecular flexibility index (Phi) is 4.70. The first-order chi connectivity index (χ1) is 13.7. The van der Waals surface area contributed by atoms with Crippen molar-refractivity contribution in [2.24, 2.45) is 5.92 Å². The smallest absolute Gasteiger partial charge is 0.339 e. The molecule has 2 aliphatic heterocycles. The van der Waals surface area contributed by atoms with E-state index in [1.807, 2.05) is 0 Å². The lowest BCUT2D eigenvalue weighted by Crippen LogP contribution is -2.45. The highest BCUT2D eigenvalue weighted by molar-refractivity contribution is 6.10. The van der Waals surface area contributed by atoms with E-state index in [1.165, 1.54) is 12.1 Å². The number of benzene rings is 1. The minimum absolute atomic E-state index is 0.0827. The van der Waals surface area contributed by atoms with Crippen molar-refractivity contribution in [2.75, 3.05) is 13.1 Å². The molecule has 2 bridgehead atoms. The second kappa shape index (κ2) is 6.85. The molecule has 0 aromatic heterocycles. The lowest BCUT2D eigenvalue weighted by molar-refractivity contribution is -0.143. The molecular formula is C21H23F3N2O3. The summed E-state index contributed by atoms with van der Waals surface area (Å²) in [6, 6.07) is 4.63. The van der Waals surface area contributed by atoms with Gasteiger partial charge >= 0.3 is 6.18 Å². The fourth-order valence-corrected chi connectivity index (χ4v) is 5.17. The molecule has 0 spiro atoms. The molecule has 3 aliphatic rings. The molecule has 1 aromatic rings. The molecule has 8 heteroatoms. The van der Waals surface area contributed by atoms with E-state index in [-0.39, 0.29) is 36.9 Å². The summed E-state index contributed by atoms with van der Waals surface area (Å²) < 4.78 is 39.8. The van der Waals surface area contributed by atoms with Gasteiger partial charge in [0.05, 0.1) is 11.0 Å². The lowest BCUT2D eigenvalue weighted by atomic mass is 9.75. The number of alkyl halides is 3. The maximum absolute atomic E-state index is 13.3. The SMILES string of the molecule is CCN1C(=O)C[C@@](CC(=O)N2C[C@@H]3CC[C@@H]2C3)(c2cccc(C(F)(F)F)c2)C1=O. The van der Waals surface area contributed by atoms with Crippen LogP contribution in [0.15, 0.2) is 24.3 Å². The van der Waals surface area contributed by atoms with E-state index in [9.17, 15) is 27.6 Å². The van der Waals surface area contributed by atoms with E-state index in [4.69, 9.17) is 0 Å². The van der Waals surface area contributed by atoms with Crippen LogP contribution in [-0.4, -0.2) is 46.7 Å². The standard InChI is InChI=1S/C21H23F3N2O3/c1-2-25-17(27)10-20(19(25)29,14-4-3-5-15(9-14)21(22,23)24)11-18(28)26-12-13-6-7-16(26)8-13/h3-5,9,13,16H,2,6-8,10-12H2,1H3/t13-,16-,20-/m1/s1. The summed E-state index contributed by atoms with van der Waals surface area (Å²) in [6.07, 6.45) is -2.20. The van der Waals surface area contributed by atoms with Crippen LogP contribution in [0.3, 0.4) is 0 Å². The zero-order chi connectivity index (χ0) is 21.0. The molecule has 0 radical (unpaired) electrons. The van der Waals surface area contributed by atoms with Crippen LogP contribution in [0.1, 0.15) is 50.2 Å². The summed E-state index contributed by atoms with van der Waals surface area (Å²) >= 11 is 0. The van der Waals surface area contributed by atoms with Crippen LogP contribution in [0, 0.1) is 5.92 Å². The number of carbonyl (C=O) groups is 3. The van der Waals surface area contributed by atoms with Crippen molar-refractivity contribution >= 4 is 17.7 Å². The minimum Gasteiger partial charge on any atom is -0.339 e. The average molecular weight is 408 g/mol. The minimum atomic E-state index is -4.58. The van der Waals surface area contributed by atoms with E-state index in [0.29, 0.717) is 12.5 Å². The number of piperidine rings is 1. The Labute approximate surface area is 166 Å². The van der Waals surface area contributed by atoms with Crippen molar-refractivity contribution in [3.63, 3.8) is 0 Å². The number of nitrogens with zero attached hydrogens (tertiary/aromatic N) is 2. The Morgan fingerprint density at radius 2 is 2.00 bits per heavy atom. The van der Waals surface area contributed by atoms with Crippen LogP contribution < -0.4 is 0 Å². The lowest BCUT2D eigenvalue weighted by Gasteiger charge is -2.32. The van der Waals surface area contributed by atoms with Gasteiger partial charge in [0.1, 0.15) is 0 Å². The van der Waals surface area contributed by atoms with Crippen LogP contribution in [0.25, 0.3) is 0 Å². The molecule has 0 N–H and O–H groups in total. The van der Waals surface area contributed by atoms with Crippen molar-refractivity contribution in [2.45, 2.75) is 56.7 Å². The van der Waals surface area contributed by atoms with E-state index in [0.717, 1.165) is 36.3 Å². The molecule has 3 atom stereocenters. The van der Waals surface area contributed by atoms with Gasteiger partial charge in [-0.1, -0.05) is 18.2 Å². The third-order valence-electron chi connectivity index (χ3n) is 6.65. The Morgan fingerprint density at radius 1 is 1.24 bits per heavy atom. The second-order valence-electron chi connectivity index (χ2n) is 8.34. The number of hydrogen-bond donors (Lipinski definition) is 0. The third kappa shape index (κ3) is 3.22. The number of hydrogen-bond acceptors (Lipinski definition) is 3. The van der Waals surface area contributed by atoms with Crippen LogP contribution >= 0.6 is 0 Å². The van der Waals surface area contributed by atoms with Gasteiger partial charge in [-0.2, -0.15) is 13.2 Å². The largest absolute Gasteiger partial charge is 0.416 e. The molecule has 5 nitrogen and oxygen atoms in total. The second-order valence-corrected chi connectivity index (χ2v) is 8.34. The topological polar surface area (TPSA) is 57.7 Å². The zero-order valence-corrected chi connectivity index (χ0v) is 16.2. The van der Waals surface area contributed by atoms with Crippen molar-refractivity contribution in [3.05, 3.63) is 35.4 Å². The van der Waals surface area contributed by atoms with Gasteiger partial charge in [-0.05, 0) is 43.7 Å². The summed E-state index contributed by atoms with van der Waals surface area (Å²) in [6.45, 7) is 2.39. The van der Waals surface area contributed by atoms with Gasteiger partial charge in [-0.15, -0.1) is 0 Å². The maximum Gasteiger partial charge on any atom is 0.416 e. The highest BCUT2D eigenvalue weighted by atomic mass is 19.4. The Bertz CT molecular complexity index is 869. The predicted octanol–water partition coefficient (Wildman–Crippen LogP) is 3.12. The van der Waals surface area contributed by atoms with Crippen LogP contribution in [0.4, 0.5) is 13.2 Å². The van der Waals surface area contributed by atoms with Crippen LogP contribution in [-0.2, 0) is 26.0 Å². The average Bonchev–Trinajstić information content (AvgIpc) is 3.36. The van der Waals surface area contributed by atoms with Gasteiger partial charge in [-0.25, -0.2) is 0 Å². The van der Waals surface area contributed by atoms with E-state index >= 15 is 0 Å².